The number of amides is 1. The molecular formula is C18H27N5O3. The molecule has 0 bridgehead atoms. The number of likely N-dealkylation sites (N-methyl/N-ethyl adjacent to an activating group) is 1. The van der Waals surface area contributed by atoms with Crippen molar-refractivity contribution < 1.29 is 14.6 Å². The molecule has 1 aromatic carbocycles. The van der Waals surface area contributed by atoms with Gasteiger partial charge in [-0.05, 0) is 18.6 Å². The minimum absolute atomic E-state index is 0.0728. The topological polar surface area (TPSA) is 91.7 Å². The lowest BCUT2D eigenvalue weighted by Crippen LogP contribution is -2.42. The Bertz CT molecular complexity index is 748. The van der Waals surface area contributed by atoms with E-state index in [1.165, 1.54) is 0 Å². The van der Waals surface area contributed by atoms with Gasteiger partial charge in [-0.25, -0.2) is 4.98 Å². The van der Waals surface area contributed by atoms with Gasteiger partial charge < -0.3 is 19.3 Å². The number of aryl methyl sites for hydroxylation is 1. The second kappa shape index (κ2) is 8.59. The summed E-state index contributed by atoms with van der Waals surface area (Å²) in [6.07, 6.45) is 1.29. The minimum atomic E-state index is -0.142. The minimum Gasteiger partial charge on any atom is -0.388 e. The van der Waals surface area contributed by atoms with E-state index in [2.05, 4.69) is 15.8 Å². The number of methoxy groups -OCH3 is 1. The molecule has 1 aromatic heterocycles. The van der Waals surface area contributed by atoms with E-state index in [1.54, 1.807) is 12.0 Å². The standard InChI is InChI=1S/C18H27N5O3/c1-22(10-13-9-14(12-26-2)21-20-13)18(25)7-8-23-16-6-4-3-5-15(16)19-17(23)11-24/h3-6,13-14,20-21,24H,7-12H2,1-2H3. The number of aliphatic hydroxyl groups is 1. The highest BCUT2D eigenvalue weighted by Gasteiger charge is 2.25. The van der Waals surface area contributed by atoms with E-state index in [1.807, 2.05) is 35.9 Å². The lowest BCUT2D eigenvalue weighted by molar-refractivity contribution is -0.130. The van der Waals surface area contributed by atoms with Gasteiger partial charge in [-0.15, -0.1) is 0 Å². The highest BCUT2D eigenvalue weighted by molar-refractivity contribution is 5.78. The maximum atomic E-state index is 12.5. The van der Waals surface area contributed by atoms with Gasteiger partial charge in [0.2, 0.25) is 5.91 Å². The van der Waals surface area contributed by atoms with Gasteiger partial charge in [0.15, 0.2) is 0 Å². The molecule has 2 heterocycles. The molecule has 3 rings (SSSR count). The fourth-order valence-electron chi connectivity index (χ4n) is 3.45. The molecule has 0 radical (unpaired) electrons. The number of benzene rings is 1. The number of aliphatic hydroxyl groups excluding tert-OH is 1. The Morgan fingerprint density at radius 1 is 1.38 bits per heavy atom. The highest BCUT2D eigenvalue weighted by atomic mass is 16.5. The van der Waals surface area contributed by atoms with Crippen LogP contribution in [0.3, 0.4) is 0 Å². The van der Waals surface area contributed by atoms with Crippen LogP contribution in [0.5, 0.6) is 0 Å². The number of rotatable bonds is 8. The molecule has 142 valence electrons. The van der Waals surface area contributed by atoms with Gasteiger partial charge in [0.05, 0.1) is 17.6 Å². The van der Waals surface area contributed by atoms with Crippen molar-refractivity contribution in [1.82, 2.24) is 25.3 Å². The number of ether oxygens (including phenoxy) is 1. The summed E-state index contributed by atoms with van der Waals surface area (Å²) in [6.45, 7) is 1.65. The van der Waals surface area contributed by atoms with Crippen LogP contribution in [-0.4, -0.2) is 64.9 Å². The summed E-state index contributed by atoms with van der Waals surface area (Å²) in [6, 6.07) is 8.21. The van der Waals surface area contributed by atoms with Gasteiger partial charge in [-0.3, -0.25) is 15.6 Å². The molecule has 0 spiro atoms. The molecule has 8 nitrogen and oxygen atoms in total. The first-order valence-corrected chi connectivity index (χ1v) is 8.91. The van der Waals surface area contributed by atoms with Crippen LogP contribution < -0.4 is 10.9 Å². The fourth-order valence-corrected chi connectivity index (χ4v) is 3.45. The van der Waals surface area contributed by atoms with Crippen molar-refractivity contribution in [2.24, 2.45) is 0 Å². The number of hydrogen-bond acceptors (Lipinski definition) is 6. The van der Waals surface area contributed by atoms with Crippen LogP contribution in [-0.2, 0) is 22.7 Å². The first-order valence-electron chi connectivity index (χ1n) is 8.91. The number of para-hydroxylation sites is 2. The third-order valence-electron chi connectivity index (χ3n) is 4.77. The van der Waals surface area contributed by atoms with Crippen molar-refractivity contribution >= 4 is 16.9 Å². The average Bonchev–Trinajstić information content (AvgIpc) is 3.23. The molecule has 26 heavy (non-hydrogen) atoms. The Kier molecular flexibility index (Phi) is 6.20. The number of imidazole rings is 1. The number of fused-ring (bicyclic) bond motifs is 1. The van der Waals surface area contributed by atoms with E-state index in [9.17, 15) is 9.90 Å². The SMILES string of the molecule is COCC1CC(CN(C)C(=O)CCn2c(CO)nc3ccccc32)NN1. The van der Waals surface area contributed by atoms with E-state index < -0.39 is 0 Å². The van der Waals surface area contributed by atoms with Gasteiger partial charge in [0.1, 0.15) is 12.4 Å². The van der Waals surface area contributed by atoms with Crippen LogP contribution in [0.25, 0.3) is 11.0 Å². The molecule has 1 amide bonds. The van der Waals surface area contributed by atoms with Crippen LogP contribution in [0.4, 0.5) is 0 Å². The number of hydrazine groups is 1. The smallest absolute Gasteiger partial charge is 0.224 e. The monoisotopic (exact) mass is 361 g/mol. The van der Waals surface area contributed by atoms with Crippen LogP contribution in [0.1, 0.15) is 18.7 Å². The third kappa shape index (κ3) is 4.21. The Morgan fingerprint density at radius 2 is 2.15 bits per heavy atom. The van der Waals surface area contributed by atoms with Crippen molar-refractivity contribution in [2.75, 3.05) is 27.3 Å². The molecule has 1 fully saturated rings. The second-order valence-corrected chi connectivity index (χ2v) is 6.72. The molecule has 2 aromatic rings. The maximum Gasteiger partial charge on any atom is 0.224 e. The van der Waals surface area contributed by atoms with E-state index >= 15 is 0 Å². The molecule has 8 heteroatoms. The van der Waals surface area contributed by atoms with E-state index in [0.29, 0.717) is 31.9 Å². The Balaban J connectivity index is 1.55. The summed E-state index contributed by atoms with van der Waals surface area (Å²) < 4.78 is 7.07. The Hall–Kier alpha value is -2.00. The number of carbonyl (C=O) groups is 1. The van der Waals surface area contributed by atoms with Crippen molar-refractivity contribution in [3.05, 3.63) is 30.1 Å². The molecule has 1 aliphatic rings. The zero-order chi connectivity index (χ0) is 18.5. The molecule has 2 atom stereocenters. The van der Waals surface area contributed by atoms with Crippen molar-refractivity contribution in [2.45, 2.75) is 38.1 Å². The van der Waals surface area contributed by atoms with Crippen LogP contribution >= 0.6 is 0 Å². The third-order valence-corrected chi connectivity index (χ3v) is 4.77. The molecule has 3 N–H and O–H groups in total. The number of hydrogen-bond donors (Lipinski definition) is 3. The zero-order valence-corrected chi connectivity index (χ0v) is 15.3. The Morgan fingerprint density at radius 3 is 2.92 bits per heavy atom. The largest absolute Gasteiger partial charge is 0.388 e. The van der Waals surface area contributed by atoms with Crippen LogP contribution in [0, 0.1) is 0 Å². The molecule has 1 saturated heterocycles. The van der Waals surface area contributed by atoms with Crippen molar-refractivity contribution in [1.29, 1.82) is 0 Å². The molecular weight excluding hydrogens is 334 g/mol. The van der Waals surface area contributed by atoms with Gasteiger partial charge in [-0.2, -0.15) is 0 Å². The summed E-state index contributed by atoms with van der Waals surface area (Å²) in [4.78, 5) is 18.7. The average molecular weight is 361 g/mol. The quantitative estimate of drug-likeness (QED) is 0.625. The van der Waals surface area contributed by atoms with Crippen LogP contribution in [0.2, 0.25) is 0 Å². The van der Waals surface area contributed by atoms with E-state index in [0.717, 1.165) is 17.5 Å². The predicted molar refractivity (Wildman–Crippen MR) is 98.3 cm³/mol. The fraction of sp³-hybridized carbons (Fsp3) is 0.556. The number of carbonyl (C=O) groups excluding carboxylic acids is 1. The van der Waals surface area contributed by atoms with Crippen molar-refractivity contribution in [3.8, 4) is 0 Å². The molecule has 0 aliphatic carbocycles. The van der Waals surface area contributed by atoms with Gasteiger partial charge >= 0.3 is 0 Å². The summed E-state index contributed by atoms with van der Waals surface area (Å²) in [5, 5.41) is 9.55. The molecule has 0 saturated carbocycles. The zero-order valence-electron chi connectivity index (χ0n) is 15.3. The molecule has 1 aliphatic heterocycles. The summed E-state index contributed by atoms with van der Waals surface area (Å²) in [5.74, 6) is 0.661. The van der Waals surface area contributed by atoms with E-state index in [4.69, 9.17) is 4.74 Å². The second-order valence-electron chi connectivity index (χ2n) is 6.72. The summed E-state index contributed by atoms with van der Waals surface area (Å²) in [7, 11) is 3.51. The van der Waals surface area contributed by atoms with Crippen molar-refractivity contribution in [3.63, 3.8) is 0 Å². The highest BCUT2D eigenvalue weighted by Crippen LogP contribution is 2.17. The maximum absolute atomic E-state index is 12.5. The normalized spacial score (nSPS) is 20.0. The predicted octanol–water partition coefficient (Wildman–Crippen LogP) is 0.259. The summed E-state index contributed by atoms with van der Waals surface area (Å²) in [5.41, 5.74) is 8.18. The first kappa shape index (κ1) is 18.8. The summed E-state index contributed by atoms with van der Waals surface area (Å²) >= 11 is 0. The van der Waals surface area contributed by atoms with Gasteiger partial charge in [0, 0.05) is 45.8 Å². The lowest BCUT2D eigenvalue weighted by Gasteiger charge is -2.21. The van der Waals surface area contributed by atoms with E-state index in [-0.39, 0.29) is 24.6 Å². The lowest BCUT2D eigenvalue weighted by atomic mass is 10.1. The first-order chi connectivity index (χ1) is 12.6. The number of nitrogens with zero attached hydrogens (tertiary/aromatic N) is 3. The molecule has 2 unspecified atom stereocenters. The number of nitrogens with one attached hydrogen (secondary N) is 2. The number of aromatic nitrogens is 2. The van der Waals surface area contributed by atoms with Gasteiger partial charge in [-0.1, -0.05) is 12.1 Å². The Labute approximate surface area is 153 Å². The van der Waals surface area contributed by atoms with Crippen LogP contribution in [0.15, 0.2) is 24.3 Å². The van der Waals surface area contributed by atoms with Gasteiger partial charge in [0.25, 0.3) is 0 Å².